The minimum Gasteiger partial charge on any atom is -0.396 e. The number of hydrogen-bond donors (Lipinski definition) is 3. The number of halogens is 1. The van der Waals surface area contributed by atoms with Gasteiger partial charge < -0.3 is 15.7 Å². The maximum Gasteiger partial charge on any atom is 0.248 e. The Bertz CT molecular complexity index is 556. The normalized spacial score (nSPS) is 12.4. The van der Waals surface area contributed by atoms with Crippen molar-refractivity contribution in [1.29, 1.82) is 0 Å². The molecule has 0 heterocycles. The fourth-order valence-electron chi connectivity index (χ4n) is 2.32. The van der Waals surface area contributed by atoms with E-state index < -0.39 is 5.91 Å². The van der Waals surface area contributed by atoms with Crippen LogP contribution in [0.15, 0.2) is 36.4 Å². The zero-order chi connectivity index (χ0) is 17.9. The van der Waals surface area contributed by atoms with Gasteiger partial charge in [-0.1, -0.05) is 13.8 Å². The van der Waals surface area contributed by atoms with E-state index in [0.29, 0.717) is 24.6 Å². The van der Waals surface area contributed by atoms with Crippen molar-refractivity contribution >= 4 is 17.5 Å². The SMILES string of the molecule is CC(C)CC(CCO)CNC(=O)/C=C/C(=O)Nc1ccc(F)cc1. The summed E-state index contributed by atoms with van der Waals surface area (Å²) >= 11 is 0. The molecular weight excluding hydrogens is 311 g/mol. The van der Waals surface area contributed by atoms with Crippen molar-refractivity contribution < 1.29 is 19.1 Å². The van der Waals surface area contributed by atoms with Gasteiger partial charge in [0.25, 0.3) is 0 Å². The molecule has 0 radical (unpaired) electrons. The van der Waals surface area contributed by atoms with E-state index in [9.17, 15) is 14.0 Å². The van der Waals surface area contributed by atoms with Gasteiger partial charge in [-0.2, -0.15) is 0 Å². The Morgan fingerprint density at radius 3 is 2.38 bits per heavy atom. The van der Waals surface area contributed by atoms with Crippen LogP contribution in [0.3, 0.4) is 0 Å². The first-order valence-corrected chi connectivity index (χ1v) is 8.04. The van der Waals surface area contributed by atoms with E-state index in [1.165, 1.54) is 24.3 Å². The molecule has 0 aliphatic heterocycles. The first kappa shape index (κ1) is 19.8. The van der Waals surface area contributed by atoms with Crippen LogP contribution >= 0.6 is 0 Å². The molecule has 1 unspecified atom stereocenters. The second-order valence-corrected chi connectivity index (χ2v) is 6.08. The van der Waals surface area contributed by atoms with E-state index >= 15 is 0 Å². The highest BCUT2D eigenvalue weighted by atomic mass is 19.1. The standard InChI is InChI=1S/C18H25FN2O3/c1-13(2)11-14(9-10-22)12-20-17(23)7-8-18(24)21-16-5-3-15(19)4-6-16/h3-8,13-14,22H,9-12H2,1-2H3,(H,20,23)(H,21,24)/b8-7+. The molecule has 0 aliphatic rings. The van der Waals surface area contributed by atoms with Crippen molar-refractivity contribution in [3.05, 3.63) is 42.2 Å². The number of aliphatic hydroxyl groups excluding tert-OH is 1. The molecule has 132 valence electrons. The van der Waals surface area contributed by atoms with E-state index in [2.05, 4.69) is 24.5 Å². The summed E-state index contributed by atoms with van der Waals surface area (Å²) in [5.41, 5.74) is 0.450. The smallest absolute Gasteiger partial charge is 0.248 e. The van der Waals surface area contributed by atoms with Crippen molar-refractivity contribution in [1.82, 2.24) is 5.32 Å². The maximum absolute atomic E-state index is 12.8. The van der Waals surface area contributed by atoms with Crippen LogP contribution in [0.2, 0.25) is 0 Å². The maximum atomic E-state index is 12.8. The Morgan fingerprint density at radius 1 is 1.17 bits per heavy atom. The predicted molar refractivity (Wildman–Crippen MR) is 91.8 cm³/mol. The number of amides is 2. The van der Waals surface area contributed by atoms with Gasteiger partial charge in [-0.25, -0.2) is 4.39 Å². The summed E-state index contributed by atoms with van der Waals surface area (Å²) in [6, 6.07) is 5.35. The zero-order valence-corrected chi connectivity index (χ0v) is 14.1. The zero-order valence-electron chi connectivity index (χ0n) is 14.1. The highest BCUT2D eigenvalue weighted by Crippen LogP contribution is 2.14. The van der Waals surface area contributed by atoms with Gasteiger partial charge in [0.05, 0.1) is 0 Å². The molecule has 2 amide bonds. The molecule has 0 fully saturated rings. The number of hydrogen-bond acceptors (Lipinski definition) is 3. The third kappa shape index (κ3) is 8.43. The fraction of sp³-hybridized carbons (Fsp3) is 0.444. The topological polar surface area (TPSA) is 78.4 Å². The molecule has 0 aromatic heterocycles. The lowest BCUT2D eigenvalue weighted by Gasteiger charge is -2.18. The van der Waals surface area contributed by atoms with E-state index in [-0.39, 0.29) is 24.2 Å². The van der Waals surface area contributed by atoms with Crippen LogP contribution in [-0.4, -0.2) is 30.1 Å². The first-order valence-electron chi connectivity index (χ1n) is 8.04. The number of benzene rings is 1. The lowest BCUT2D eigenvalue weighted by molar-refractivity contribution is -0.117. The number of carbonyl (C=O) groups is 2. The van der Waals surface area contributed by atoms with Gasteiger partial charge in [-0.05, 0) is 48.9 Å². The summed E-state index contributed by atoms with van der Waals surface area (Å²) < 4.78 is 12.8. The predicted octanol–water partition coefficient (Wildman–Crippen LogP) is 2.48. The van der Waals surface area contributed by atoms with Gasteiger partial charge in [-0.15, -0.1) is 0 Å². The number of nitrogens with one attached hydrogen (secondary N) is 2. The lowest BCUT2D eigenvalue weighted by atomic mass is 9.94. The van der Waals surface area contributed by atoms with Crippen molar-refractivity contribution in [2.75, 3.05) is 18.5 Å². The largest absolute Gasteiger partial charge is 0.396 e. The second kappa shape index (κ2) is 10.5. The summed E-state index contributed by atoms with van der Waals surface area (Å²) in [6.07, 6.45) is 3.83. The Kier molecular flexibility index (Phi) is 8.71. The van der Waals surface area contributed by atoms with Gasteiger partial charge >= 0.3 is 0 Å². The van der Waals surface area contributed by atoms with Crippen molar-refractivity contribution in [3.8, 4) is 0 Å². The van der Waals surface area contributed by atoms with Crippen LogP contribution < -0.4 is 10.6 Å². The molecule has 1 atom stereocenters. The van der Waals surface area contributed by atoms with Crippen LogP contribution in [0.1, 0.15) is 26.7 Å². The summed E-state index contributed by atoms with van der Waals surface area (Å²) in [5.74, 6) is -0.528. The van der Waals surface area contributed by atoms with Gasteiger partial charge in [0.15, 0.2) is 0 Å². The number of aliphatic hydroxyl groups is 1. The van der Waals surface area contributed by atoms with Crippen LogP contribution in [0.4, 0.5) is 10.1 Å². The quantitative estimate of drug-likeness (QED) is 0.606. The number of carbonyl (C=O) groups excluding carboxylic acids is 2. The molecule has 1 aromatic carbocycles. The minimum absolute atomic E-state index is 0.0865. The van der Waals surface area contributed by atoms with Crippen molar-refractivity contribution in [2.45, 2.75) is 26.7 Å². The molecule has 0 saturated heterocycles. The highest BCUT2D eigenvalue weighted by Gasteiger charge is 2.11. The molecule has 0 bridgehead atoms. The first-order chi connectivity index (χ1) is 11.4. The lowest BCUT2D eigenvalue weighted by Crippen LogP contribution is -2.29. The molecule has 24 heavy (non-hydrogen) atoms. The number of anilines is 1. The van der Waals surface area contributed by atoms with Gasteiger partial charge in [-0.3, -0.25) is 9.59 Å². The average Bonchev–Trinajstić information content (AvgIpc) is 2.52. The van der Waals surface area contributed by atoms with Crippen molar-refractivity contribution in [3.63, 3.8) is 0 Å². The second-order valence-electron chi connectivity index (χ2n) is 6.08. The molecule has 0 saturated carbocycles. The van der Waals surface area contributed by atoms with E-state index in [0.717, 1.165) is 18.6 Å². The Labute approximate surface area is 142 Å². The molecule has 1 aromatic rings. The van der Waals surface area contributed by atoms with E-state index in [1.54, 1.807) is 0 Å². The molecule has 0 aliphatic carbocycles. The Hall–Kier alpha value is -2.21. The van der Waals surface area contributed by atoms with Gasteiger partial charge in [0.2, 0.25) is 11.8 Å². The molecular formula is C18H25FN2O3. The molecule has 1 rings (SSSR count). The van der Waals surface area contributed by atoms with E-state index in [4.69, 9.17) is 5.11 Å². The van der Waals surface area contributed by atoms with Gasteiger partial charge in [0.1, 0.15) is 5.82 Å². The molecule has 3 N–H and O–H groups in total. The molecule has 6 heteroatoms. The Balaban J connectivity index is 2.40. The third-order valence-corrected chi connectivity index (χ3v) is 3.40. The highest BCUT2D eigenvalue weighted by molar-refractivity contribution is 6.03. The third-order valence-electron chi connectivity index (χ3n) is 3.40. The van der Waals surface area contributed by atoms with Crippen molar-refractivity contribution in [2.24, 2.45) is 11.8 Å². The van der Waals surface area contributed by atoms with Crippen LogP contribution in [-0.2, 0) is 9.59 Å². The van der Waals surface area contributed by atoms with Crippen LogP contribution in [0.25, 0.3) is 0 Å². The van der Waals surface area contributed by atoms with E-state index in [1.807, 2.05) is 0 Å². The monoisotopic (exact) mass is 336 g/mol. The summed E-state index contributed by atoms with van der Waals surface area (Å²) in [7, 11) is 0. The molecule has 0 spiro atoms. The summed E-state index contributed by atoms with van der Waals surface area (Å²) in [4.78, 5) is 23.4. The minimum atomic E-state index is -0.467. The number of rotatable bonds is 9. The molecule has 5 nitrogen and oxygen atoms in total. The van der Waals surface area contributed by atoms with Crippen LogP contribution in [0, 0.1) is 17.7 Å². The fourth-order valence-corrected chi connectivity index (χ4v) is 2.32. The summed E-state index contributed by atoms with van der Waals surface area (Å²) in [5, 5.41) is 14.3. The average molecular weight is 336 g/mol. The van der Waals surface area contributed by atoms with Crippen LogP contribution in [0.5, 0.6) is 0 Å². The van der Waals surface area contributed by atoms with Gasteiger partial charge in [0, 0.05) is 31.0 Å². The summed E-state index contributed by atoms with van der Waals surface area (Å²) in [6.45, 7) is 4.72. The Morgan fingerprint density at radius 2 is 1.79 bits per heavy atom.